The van der Waals surface area contributed by atoms with Crippen LogP contribution in [-0.4, -0.2) is 15.7 Å². The highest BCUT2D eigenvalue weighted by molar-refractivity contribution is 6.40. The molecule has 0 spiro atoms. The lowest BCUT2D eigenvalue weighted by molar-refractivity contribution is -0.0449. The van der Waals surface area contributed by atoms with Gasteiger partial charge in [-0.3, -0.25) is 0 Å². The Kier molecular flexibility index (Phi) is 2.96. The Morgan fingerprint density at radius 2 is 1.28 bits per heavy atom. The summed E-state index contributed by atoms with van der Waals surface area (Å²) in [6.45, 7) is 7.30. The van der Waals surface area contributed by atoms with Crippen molar-refractivity contribution in [2.45, 2.75) is 64.5 Å². The minimum Gasteiger partial charge on any atom is -0.0796 e. The van der Waals surface area contributed by atoms with Crippen molar-refractivity contribution in [3.05, 3.63) is 0 Å². The molecule has 0 aliphatic heterocycles. The maximum absolute atomic E-state index is 2.51. The maximum atomic E-state index is 2.51. The second kappa shape index (κ2) is 4.06. The minimum absolute atomic E-state index is 0.446. The Labute approximate surface area is 115 Å². The van der Waals surface area contributed by atoms with Crippen LogP contribution >= 0.6 is 0 Å². The zero-order valence-corrected chi connectivity index (χ0v) is 13.1. The molecule has 0 saturated heterocycles. The third-order valence-corrected chi connectivity index (χ3v) is 7.20. The van der Waals surface area contributed by atoms with E-state index in [1.165, 1.54) is 6.42 Å². The van der Waals surface area contributed by atoms with Gasteiger partial charge in [0.1, 0.15) is 0 Å². The average Bonchev–Trinajstić information content (AvgIpc) is 2.20. The predicted octanol–water partition coefficient (Wildman–Crippen LogP) is 2.88. The van der Waals surface area contributed by atoms with Crippen LogP contribution < -0.4 is 0 Å². The van der Waals surface area contributed by atoms with E-state index in [-0.39, 0.29) is 0 Å². The third kappa shape index (κ3) is 2.08. The Balaban J connectivity index is 1.74. The molecular weight excluding hydrogens is 214 g/mol. The van der Waals surface area contributed by atoms with E-state index in [1.54, 1.807) is 32.1 Å². The molecule has 0 N–H and O–H groups in total. The highest BCUT2D eigenvalue weighted by Gasteiger charge is 2.50. The van der Waals surface area contributed by atoms with Gasteiger partial charge in [-0.1, -0.05) is 32.4 Å². The normalized spacial score (nSPS) is 43.4. The molecule has 0 aromatic rings. The zero-order chi connectivity index (χ0) is 13.1. The lowest BCUT2D eigenvalue weighted by atomic mass is 9.38. The Morgan fingerprint density at radius 1 is 0.833 bits per heavy atom. The first-order valence-corrected chi connectivity index (χ1v) is 8.26. The molecule has 4 aliphatic rings. The van der Waals surface area contributed by atoms with Crippen LogP contribution in [0.4, 0.5) is 0 Å². The van der Waals surface area contributed by atoms with Crippen LogP contribution in [0.25, 0.3) is 0 Å². The molecule has 0 atom stereocenters. The van der Waals surface area contributed by atoms with Crippen LogP contribution in [-0.2, 0) is 0 Å². The zero-order valence-electron chi connectivity index (χ0n) is 13.1. The van der Waals surface area contributed by atoms with E-state index in [2.05, 4.69) is 36.5 Å². The fourth-order valence-corrected chi connectivity index (χ4v) is 5.27. The molecule has 4 bridgehead atoms. The van der Waals surface area contributed by atoms with E-state index in [4.69, 9.17) is 0 Å². The number of hydrogen-bond acceptors (Lipinski definition) is 0. The molecule has 2 heteroatoms. The number of hydrogen-bond donors (Lipinski definition) is 0. The van der Waals surface area contributed by atoms with Crippen LogP contribution in [0, 0.1) is 35.0 Å². The molecule has 0 heterocycles. The molecular formula is C16H30B2. The summed E-state index contributed by atoms with van der Waals surface area (Å²) in [7, 11) is 5.02. The summed E-state index contributed by atoms with van der Waals surface area (Å²) in [5, 5.41) is 0.493. The standard InChI is InChI=1S/C16H30B2/c1-15(2,3)16(17,18)9-14-12-5-10-4-11(7-12)8-13(14)6-10/h10-14H,4-9,17-18H2,1-3H3. The highest BCUT2D eigenvalue weighted by atomic mass is 14.5. The molecule has 4 fully saturated rings. The van der Waals surface area contributed by atoms with E-state index in [1.807, 2.05) is 0 Å². The first-order chi connectivity index (χ1) is 8.26. The van der Waals surface area contributed by atoms with Gasteiger partial charge in [-0.05, 0) is 67.1 Å². The maximum Gasteiger partial charge on any atom is 0.0998 e. The average molecular weight is 244 g/mol. The molecule has 0 nitrogen and oxygen atoms in total. The molecule has 0 aromatic heterocycles. The molecule has 0 unspecified atom stereocenters. The van der Waals surface area contributed by atoms with E-state index in [9.17, 15) is 0 Å². The van der Waals surface area contributed by atoms with Gasteiger partial charge < -0.3 is 0 Å². The number of rotatable bonds is 2. The predicted molar refractivity (Wildman–Crippen MR) is 84.4 cm³/mol. The fraction of sp³-hybridized carbons (Fsp3) is 1.00. The van der Waals surface area contributed by atoms with Crippen molar-refractivity contribution in [3.63, 3.8) is 0 Å². The van der Waals surface area contributed by atoms with Crippen molar-refractivity contribution < 1.29 is 0 Å². The van der Waals surface area contributed by atoms with Crippen molar-refractivity contribution in [1.82, 2.24) is 0 Å². The SMILES string of the molecule is BC(B)(CC1C2CC3CC(C2)CC1C3)C(C)(C)C. The summed E-state index contributed by atoms with van der Waals surface area (Å²) in [4.78, 5) is 0. The Morgan fingerprint density at radius 3 is 1.67 bits per heavy atom. The Bertz CT molecular complexity index is 298. The van der Waals surface area contributed by atoms with Gasteiger partial charge in [0.2, 0.25) is 0 Å². The van der Waals surface area contributed by atoms with Crippen molar-refractivity contribution in [2.24, 2.45) is 35.0 Å². The fourth-order valence-electron chi connectivity index (χ4n) is 5.27. The van der Waals surface area contributed by atoms with Gasteiger partial charge >= 0.3 is 0 Å². The quantitative estimate of drug-likeness (QED) is 0.655. The van der Waals surface area contributed by atoms with Gasteiger partial charge in [-0.15, -0.1) is 0 Å². The van der Waals surface area contributed by atoms with Gasteiger partial charge in [0.05, 0.1) is 15.7 Å². The van der Waals surface area contributed by atoms with Crippen molar-refractivity contribution in [1.29, 1.82) is 0 Å². The summed E-state index contributed by atoms with van der Waals surface area (Å²) >= 11 is 0. The van der Waals surface area contributed by atoms with Crippen LogP contribution in [0.5, 0.6) is 0 Å². The lowest BCUT2D eigenvalue weighted by Crippen LogP contribution is -2.47. The summed E-state index contributed by atoms with van der Waals surface area (Å²) in [5.74, 6) is 5.51. The summed E-state index contributed by atoms with van der Waals surface area (Å²) in [5.41, 5.74) is 0.446. The summed E-state index contributed by atoms with van der Waals surface area (Å²) in [6.07, 6.45) is 9.39. The molecule has 18 heavy (non-hydrogen) atoms. The van der Waals surface area contributed by atoms with Crippen molar-refractivity contribution in [3.8, 4) is 0 Å². The Hall–Kier alpha value is 0.130. The van der Waals surface area contributed by atoms with Crippen molar-refractivity contribution >= 4 is 15.7 Å². The molecule has 0 aromatic carbocycles. The second-order valence-electron chi connectivity index (χ2n) is 9.43. The summed E-state index contributed by atoms with van der Waals surface area (Å²) < 4.78 is 0. The smallest absolute Gasteiger partial charge is 0.0796 e. The largest absolute Gasteiger partial charge is 0.0998 e. The topological polar surface area (TPSA) is 0 Å². The summed E-state index contributed by atoms with van der Waals surface area (Å²) in [6, 6.07) is 0. The lowest BCUT2D eigenvalue weighted by Gasteiger charge is -2.57. The van der Waals surface area contributed by atoms with Crippen LogP contribution in [0.15, 0.2) is 0 Å². The molecule has 100 valence electrons. The van der Waals surface area contributed by atoms with Crippen LogP contribution in [0.2, 0.25) is 5.21 Å². The van der Waals surface area contributed by atoms with E-state index in [0.29, 0.717) is 10.6 Å². The molecule has 4 aliphatic carbocycles. The monoisotopic (exact) mass is 244 g/mol. The highest BCUT2D eigenvalue weighted by Crippen LogP contribution is 2.60. The van der Waals surface area contributed by atoms with Gasteiger partial charge in [-0.2, -0.15) is 0 Å². The first-order valence-electron chi connectivity index (χ1n) is 8.26. The molecule has 0 amide bonds. The van der Waals surface area contributed by atoms with Gasteiger partial charge in [0.25, 0.3) is 0 Å². The first kappa shape index (κ1) is 13.1. The van der Waals surface area contributed by atoms with E-state index >= 15 is 0 Å². The van der Waals surface area contributed by atoms with Gasteiger partial charge in [0.15, 0.2) is 0 Å². The van der Waals surface area contributed by atoms with Crippen molar-refractivity contribution in [2.75, 3.05) is 0 Å². The van der Waals surface area contributed by atoms with E-state index in [0.717, 1.165) is 29.6 Å². The van der Waals surface area contributed by atoms with E-state index < -0.39 is 0 Å². The third-order valence-electron chi connectivity index (χ3n) is 7.20. The van der Waals surface area contributed by atoms with Gasteiger partial charge in [0, 0.05) is 0 Å². The second-order valence-corrected chi connectivity index (χ2v) is 9.43. The minimum atomic E-state index is 0.446. The molecule has 4 saturated carbocycles. The molecule has 4 rings (SSSR count). The van der Waals surface area contributed by atoms with Crippen LogP contribution in [0.1, 0.15) is 59.3 Å². The van der Waals surface area contributed by atoms with Gasteiger partial charge in [-0.25, -0.2) is 0 Å². The molecule has 0 radical (unpaired) electrons. The van der Waals surface area contributed by atoms with Crippen LogP contribution in [0.3, 0.4) is 0 Å².